The predicted octanol–water partition coefficient (Wildman–Crippen LogP) is 6.73. The molecule has 0 aliphatic carbocycles. The summed E-state index contributed by atoms with van der Waals surface area (Å²) in [5.74, 6) is 0.972. The van der Waals surface area contributed by atoms with Gasteiger partial charge in [0.1, 0.15) is 0 Å². The molecule has 0 saturated carbocycles. The number of unbranched alkanes of at least 4 members (excludes halogenated alkanes) is 9. The molecular formula is C17H36. The molecular weight excluding hydrogens is 204 g/mol. The Morgan fingerprint density at radius 1 is 0.529 bits per heavy atom. The summed E-state index contributed by atoms with van der Waals surface area (Å²) in [6.07, 6.45) is 18.8. The van der Waals surface area contributed by atoms with E-state index >= 15 is 0 Å². The van der Waals surface area contributed by atoms with E-state index in [1.54, 1.807) is 0 Å². The molecule has 0 saturated heterocycles. The molecule has 0 heteroatoms. The first-order valence-electron chi connectivity index (χ1n) is 8.31. The highest BCUT2D eigenvalue weighted by Gasteiger charge is 2.00. The highest BCUT2D eigenvalue weighted by Crippen LogP contribution is 2.17. The van der Waals surface area contributed by atoms with Crippen molar-refractivity contribution in [2.75, 3.05) is 0 Å². The molecule has 0 aromatic carbocycles. The van der Waals surface area contributed by atoms with Crippen molar-refractivity contribution < 1.29 is 0 Å². The number of hydrogen-bond acceptors (Lipinski definition) is 0. The zero-order valence-corrected chi connectivity index (χ0v) is 12.8. The van der Waals surface area contributed by atoms with Crippen LogP contribution in [-0.4, -0.2) is 0 Å². The van der Waals surface area contributed by atoms with Crippen molar-refractivity contribution in [1.82, 2.24) is 0 Å². The van der Waals surface area contributed by atoms with Gasteiger partial charge in [-0.1, -0.05) is 104 Å². The van der Waals surface area contributed by atoms with Crippen molar-refractivity contribution in [2.24, 2.45) is 5.92 Å². The van der Waals surface area contributed by atoms with Gasteiger partial charge in [0.25, 0.3) is 0 Å². The second kappa shape index (κ2) is 14.1. The minimum Gasteiger partial charge on any atom is -0.0654 e. The summed E-state index contributed by atoms with van der Waals surface area (Å²) < 4.78 is 0. The molecule has 104 valence electrons. The quantitative estimate of drug-likeness (QED) is 0.313. The second-order valence-corrected chi connectivity index (χ2v) is 5.86. The molecule has 0 nitrogen and oxygen atoms in total. The Labute approximate surface area is 111 Å². The molecule has 0 aliphatic rings. The first-order chi connectivity index (χ1) is 8.31. The van der Waals surface area contributed by atoms with Crippen LogP contribution in [0, 0.1) is 5.92 Å². The van der Waals surface area contributed by atoms with E-state index in [-0.39, 0.29) is 0 Å². The van der Waals surface area contributed by atoms with E-state index in [4.69, 9.17) is 0 Å². The van der Waals surface area contributed by atoms with Gasteiger partial charge in [-0.3, -0.25) is 0 Å². The summed E-state index contributed by atoms with van der Waals surface area (Å²) in [5, 5.41) is 0. The maximum atomic E-state index is 2.43. The maximum absolute atomic E-state index is 2.43. The molecule has 0 aliphatic heterocycles. The molecule has 0 spiro atoms. The van der Waals surface area contributed by atoms with Gasteiger partial charge in [0.05, 0.1) is 0 Å². The monoisotopic (exact) mass is 240 g/mol. The van der Waals surface area contributed by atoms with E-state index < -0.39 is 0 Å². The summed E-state index contributed by atoms with van der Waals surface area (Å²) in [6.45, 7) is 7.02. The SMILES string of the molecule is CCCCCCCCCCCC(C)CCCC. The average Bonchev–Trinajstić information content (AvgIpc) is 2.34. The Morgan fingerprint density at radius 2 is 0.941 bits per heavy atom. The Kier molecular flexibility index (Phi) is 14.1. The summed E-state index contributed by atoms with van der Waals surface area (Å²) in [7, 11) is 0. The van der Waals surface area contributed by atoms with Crippen LogP contribution < -0.4 is 0 Å². The third-order valence-electron chi connectivity index (χ3n) is 3.85. The van der Waals surface area contributed by atoms with E-state index in [0.29, 0.717) is 0 Å². The van der Waals surface area contributed by atoms with Crippen LogP contribution in [0.2, 0.25) is 0 Å². The highest BCUT2D eigenvalue weighted by atomic mass is 14.1. The minimum absolute atomic E-state index is 0.972. The van der Waals surface area contributed by atoms with Crippen LogP contribution >= 0.6 is 0 Å². The largest absolute Gasteiger partial charge is 0.0654 e. The molecule has 0 radical (unpaired) electrons. The number of hydrogen-bond donors (Lipinski definition) is 0. The number of rotatable bonds is 13. The third-order valence-corrected chi connectivity index (χ3v) is 3.85. The van der Waals surface area contributed by atoms with Crippen molar-refractivity contribution in [1.29, 1.82) is 0 Å². The maximum Gasteiger partial charge on any atom is -0.0443 e. The third kappa shape index (κ3) is 13.9. The second-order valence-electron chi connectivity index (χ2n) is 5.86. The molecule has 0 aromatic rings. The van der Waals surface area contributed by atoms with E-state index in [9.17, 15) is 0 Å². The van der Waals surface area contributed by atoms with Crippen molar-refractivity contribution in [3.8, 4) is 0 Å². The lowest BCUT2D eigenvalue weighted by Crippen LogP contribution is -1.94. The van der Waals surface area contributed by atoms with Gasteiger partial charge in [-0.25, -0.2) is 0 Å². The van der Waals surface area contributed by atoms with Crippen LogP contribution in [0.1, 0.15) is 104 Å². The van der Waals surface area contributed by atoms with Crippen molar-refractivity contribution in [2.45, 2.75) is 104 Å². The molecule has 1 atom stereocenters. The van der Waals surface area contributed by atoms with Crippen LogP contribution in [0.3, 0.4) is 0 Å². The van der Waals surface area contributed by atoms with Gasteiger partial charge in [-0.05, 0) is 5.92 Å². The van der Waals surface area contributed by atoms with Crippen molar-refractivity contribution in [3.63, 3.8) is 0 Å². The van der Waals surface area contributed by atoms with Gasteiger partial charge < -0.3 is 0 Å². The van der Waals surface area contributed by atoms with E-state index in [1.807, 2.05) is 0 Å². The van der Waals surface area contributed by atoms with Crippen LogP contribution in [-0.2, 0) is 0 Å². The standard InChI is InChI=1S/C17H36/c1-4-6-8-9-10-11-12-13-14-16-17(3)15-7-5-2/h17H,4-16H2,1-3H3. The normalized spacial score (nSPS) is 12.9. The minimum atomic E-state index is 0.972. The highest BCUT2D eigenvalue weighted by molar-refractivity contribution is 4.54. The first-order valence-corrected chi connectivity index (χ1v) is 8.31. The van der Waals surface area contributed by atoms with Crippen LogP contribution in [0.15, 0.2) is 0 Å². The zero-order chi connectivity index (χ0) is 12.8. The van der Waals surface area contributed by atoms with Crippen molar-refractivity contribution in [3.05, 3.63) is 0 Å². The lowest BCUT2D eigenvalue weighted by Gasteiger charge is -2.10. The summed E-state index contributed by atoms with van der Waals surface area (Å²) in [4.78, 5) is 0. The van der Waals surface area contributed by atoms with Crippen LogP contribution in [0.5, 0.6) is 0 Å². The summed E-state index contributed by atoms with van der Waals surface area (Å²) >= 11 is 0. The Balaban J connectivity index is 3.02. The van der Waals surface area contributed by atoms with Gasteiger partial charge >= 0.3 is 0 Å². The van der Waals surface area contributed by atoms with Gasteiger partial charge in [0.15, 0.2) is 0 Å². The molecule has 0 amide bonds. The van der Waals surface area contributed by atoms with Gasteiger partial charge in [0, 0.05) is 0 Å². The Bertz CT molecular complexity index is 128. The molecule has 17 heavy (non-hydrogen) atoms. The molecule has 0 N–H and O–H groups in total. The fourth-order valence-electron chi connectivity index (χ4n) is 2.50. The first kappa shape index (κ1) is 17.0. The van der Waals surface area contributed by atoms with Crippen LogP contribution in [0.4, 0.5) is 0 Å². The Hall–Kier alpha value is 0. The van der Waals surface area contributed by atoms with E-state index in [1.165, 1.54) is 83.5 Å². The van der Waals surface area contributed by atoms with Gasteiger partial charge in [-0.15, -0.1) is 0 Å². The molecule has 0 rings (SSSR count). The lowest BCUT2D eigenvalue weighted by molar-refractivity contribution is 0.440. The average molecular weight is 240 g/mol. The summed E-state index contributed by atoms with van der Waals surface area (Å²) in [6, 6.07) is 0. The fraction of sp³-hybridized carbons (Fsp3) is 1.00. The lowest BCUT2D eigenvalue weighted by atomic mass is 9.97. The van der Waals surface area contributed by atoms with E-state index in [0.717, 1.165) is 5.92 Å². The molecule has 0 aromatic heterocycles. The van der Waals surface area contributed by atoms with Crippen LogP contribution in [0.25, 0.3) is 0 Å². The molecule has 1 unspecified atom stereocenters. The van der Waals surface area contributed by atoms with Gasteiger partial charge in [0.2, 0.25) is 0 Å². The molecule has 0 bridgehead atoms. The summed E-state index contributed by atoms with van der Waals surface area (Å²) in [5.41, 5.74) is 0. The van der Waals surface area contributed by atoms with Crippen molar-refractivity contribution >= 4 is 0 Å². The zero-order valence-electron chi connectivity index (χ0n) is 12.8. The van der Waals surface area contributed by atoms with E-state index in [2.05, 4.69) is 20.8 Å². The molecule has 0 heterocycles. The smallest absolute Gasteiger partial charge is 0.0443 e. The van der Waals surface area contributed by atoms with Gasteiger partial charge in [-0.2, -0.15) is 0 Å². The molecule has 0 fully saturated rings. The Morgan fingerprint density at radius 3 is 1.47 bits per heavy atom. The fourth-order valence-corrected chi connectivity index (χ4v) is 2.50. The predicted molar refractivity (Wildman–Crippen MR) is 80.5 cm³/mol. The topological polar surface area (TPSA) is 0 Å².